The molecule has 18 heavy (non-hydrogen) atoms. The smallest absolute Gasteiger partial charge is 0.316 e. The second-order valence-corrected chi connectivity index (χ2v) is 4.78. The molecule has 100 valence electrons. The molecule has 1 aromatic heterocycles. The van der Waals surface area contributed by atoms with Crippen molar-refractivity contribution in [2.45, 2.75) is 5.16 Å². The van der Waals surface area contributed by atoms with E-state index in [0.717, 1.165) is 0 Å². The Bertz CT molecular complexity index is 415. The van der Waals surface area contributed by atoms with Crippen LogP contribution in [-0.2, 0) is 0 Å². The highest BCUT2D eigenvalue weighted by molar-refractivity contribution is 7.98. The summed E-state index contributed by atoms with van der Waals surface area (Å²) in [6.45, 7) is 1.08. The van der Waals surface area contributed by atoms with Gasteiger partial charge in [-0.3, -0.25) is 0 Å². The number of nitrogens with one attached hydrogen (secondary N) is 2. The summed E-state index contributed by atoms with van der Waals surface area (Å²) >= 11 is 7.27. The minimum Gasteiger partial charge on any atom is -0.368 e. The number of hydrogen-bond acceptors (Lipinski definition) is 5. The number of urea groups is 1. The van der Waals surface area contributed by atoms with Gasteiger partial charge in [-0.1, -0.05) is 23.4 Å². The third-order valence-electron chi connectivity index (χ3n) is 1.97. The van der Waals surface area contributed by atoms with E-state index >= 15 is 0 Å². The number of anilines is 1. The lowest BCUT2D eigenvalue weighted by atomic mass is 10.5. The van der Waals surface area contributed by atoms with Crippen LogP contribution in [0.15, 0.2) is 11.2 Å². The molecule has 0 aromatic carbocycles. The minimum atomic E-state index is -0.123. The normalized spacial score (nSPS) is 10.0. The van der Waals surface area contributed by atoms with Gasteiger partial charge in [0.05, 0.1) is 0 Å². The summed E-state index contributed by atoms with van der Waals surface area (Å²) in [5.41, 5.74) is 0. The molecule has 0 atom stereocenters. The number of carbonyl (C=O) groups is 1. The fraction of sp³-hybridized carbons (Fsp3) is 0.500. The van der Waals surface area contributed by atoms with Crippen LogP contribution in [-0.4, -0.2) is 54.3 Å². The summed E-state index contributed by atoms with van der Waals surface area (Å²) in [6, 6.07) is 1.53. The van der Waals surface area contributed by atoms with E-state index in [4.69, 9.17) is 11.6 Å². The monoisotopic (exact) mass is 289 g/mol. The summed E-state index contributed by atoms with van der Waals surface area (Å²) in [7, 11) is 3.38. The molecule has 1 aromatic rings. The SMILES string of the molecule is CSc1nc(Cl)cc(NCCNC(=O)N(C)C)n1. The van der Waals surface area contributed by atoms with Gasteiger partial charge in [-0.2, -0.15) is 0 Å². The molecule has 8 heteroatoms. The van der Waals surface area contributed by atoms with E-state index < -0.39 is 0 Å². The van der Waals surface area contributed by atoms with E-state index in [0.29, 0.717) is 29.2 Å². The van der Waals surface area contributed by atoms with Gasteiger partial charge in [0.25, 0.3) is 0 Å². The maximum atomic E-state index is 11.2. The molecule has 0 bridgehead atoms. The van der Waals surface area contributed by atoms with Gasteiger partial charge in [-0.15, -0.1) is 0 Å². The lowest BCUT2D eigenvalue weighted by molar-refractivity contribution is 0.218. The standard InChI is InChI=1S/C10H16ClN5OS/c1-16(2)10(17)13-5-4-12-8-6-7(11)14-9(15-8)18-3/h6H,4-5H2,1-3H3,(H,13,17)(H,12,14,15). The molecule has 0 saturated heterocycles. The van der Waals surface area contributed by atoms with E-state index in [1.165, 1.54) is 16.7 Å². The van der Waals surface area contributed by atoms with Crippen molar-refractivity contribution in [1.82, 2.24) is 20.2 Å². The highest BCUT2D eigenvalue weighted by Gasteiger charge is 2.03. The van der Waals surface area contributed by atoms with Crippen LogP contribution in [0.3, 0.4) is 0 Å². The van der Waals surface area contributed by atoms with Crippen molar-refractivity contribution in [3.63, 3.8) is 0 Å². The highest BCUT2D eigenvalue weighted by atomic mass is 35.5. The summed E-state index contributed by atoms with van der Waals surface area (Å²) in [4.78, 5) is 21.0. The average molecular weight is 290 g/mol. The van der Waals surface area contributed by atoms with Crippen LogP contribution in [0.2, 0.25) is 5.15 Å². The Hall–Kier alpha value is -1.21. The van der Waals surface area contributed by atoms with Gasteiger partial charge in [0.1, 0.15) is 11.0 Å². The molecular formula is C10H16ClN5OS. The first kappa shape index (κ1) is 14.8. The molecule has 2 amide bonds. The molecule has 0 unspecified atom stereocenters. The Labute approximate surface area is 116 Å². The third kappa shape index (κ3) is 4.97. The number of halogens is 1. The van der Waals surface area contributed by atoms with Gasteiger partial charge in [0.2, 0.25) is 0 Å². The van der Waals surface area contributed by atoms with Gasteiger partial charge < -0.3 is 15.5 Å². The molecule has 0 radical (unpaired) electrons. The molecule has 0 saturated carbocycles. The molecule has 1 heterocycles. The van der Waals surface area contributed by atoms with E-state index in [2.05, 4.69) is 20.6 Å². The second-order valence-electron chi connectivity index (χ2n) is 3.62. The molecule has 0 aliphatic carbocycles. The Morgan fingerprint density at radius 2 is 2.17 bits per heavy atom. The predicted molar refractivity (Wildman–Crippen MR) is 74.4 cm³/mol. The van der Waals surface area contributed by atoms with Crippen LogP contribution < -0.4 is 10.6 Å². The first-order valence-electron chi connectivity index (χ1n) is 5.30. The van der Waals surface area contributed by atoms with Crippen molar-refractivity contribution in [2.24, 2.45) is 0 Å². The zero-order valence-electron chi connectivity index (χ0n) is 10.5. The molecule has 0 spiro atoms. The van der Waals surface area contributed by atoms with Crippen molar-refractivity contribution >= 4 is 35.2 Å². The Balaban J connectivity index is 2.39. The number of thioether (sulfide) groups is 1. The molecule has 0 aliphatic heterocycles. The Morgan fingerprint density at radius 1 is 1.44 bits per heavy atom. The molecule has 6 nitrogen and oxygen atoms in total. The quantitative estimate of drug-likeness (QED) is 0.372. The number of aromatic nitrogens is 2. The second kappa shape index (κ2) is 7.27. The largest absolute Gasteiger partial charge is 0.368 e. The van der Waals surface area contributed by atoms with Crippen LogP contribution in [0.4, 0.5) is 10.6 Å². The Morgan fingerprint density at radius 3 is 2.78 bits per heavy atom. The molecule has 0 fully saturated rings. The van der Waals surface area contributed by atoms with Crippen LogP contribution in [0.1, 0.15) is 0 Å². The third-order valence-corrected chi connectivity index (χ3v) is 2.71. The Kier molecular flexibility index (Phi) is 6.00. The lowest BCUT2D eigenvalue weighted by Crippen LogP contribution is -2.37. The van der Waals surface area contributed by atoms with Crippen LogP contribution in [0.25, 0.3) is 0 Å². The maximum Gasteiger partial charge on any atom is 0.316 e. The van der Waals surface area contributed by atoms with Gasteiger partial charge in [0, 0.05) is 33.3 Å². The van der Waals surface area contributed by atoms with Gasteiger partial charge in [0.15, 0.2) is 5.16 Å². The number of amides is 2. The van der Waals surface area contributed by atoms with Crippen molar-refractivity contribution < 1.29 is 4.79 Å². The number of hydrogen-bond donors (Lipinski definition) is 2. The summed E-state index contributed by atoms with van der Waals surface area (Å²) in [5.74, 6) is 0.651. The van der Waals surface area contributed by atoms with Crippen LogP contribution in [0, 0.1) is 0 Å². The van der Waals surface area contributed by atoms with E-state index in [1.54, 1.807) is 20.2 Å². The molecule has 0 aliphatic rings. The number of carbonyl (C=O) groups excluding carboxylic acids is 1. The molecule has 2 N–H and O–H groups in total. The molecular weight excluding hydrogens is 274 g/mol. The van der Waals surface area contributed by atoms with E-state index in [1.807, 2.05) is 6.26 Å². The fourth-order valence-corrected chi connectivity index (χ4v) is 1.71. The van der Waals surface area contributed by atoms with Crippen molar-refractivity contribution in [3.05, 3.63) is 11.2 Å². The van der Waals surface area contributed by atoms with Gasteiger partial charge in [-0.05, 0) is 6.26 Å². The van der Waals surface area contributed by atoms with E-state index in [-0.39, 0.29) is 6.03 Å². The fourth-order valence-electron chi connectivity index (χ4n) is 1.10. The summed E-state index contributed by atoms with van der Waals surface area (Å²) in [5, 5.41) is 6.82. The minimum absolute atomic E-state index is 0.123. The highest BCUT2D eigenvalue weighted by Crippen LogP contribution is 2.16. The van der Waals surface area contributed by atoms with Gasteiger partial charge in [-0.25, -0.2) is 14.8 Å². The van der Waals surface area contributed by atoms with E-state index in [9.17, 15) is 4.79 Å². The van der Waals surface area contributed by atoms with Crippen molar-refractivity contribution in [1.29, 1.82) is 0 Å². The molecule has 1 rings (SSSR count). The maximum absolute atomic E-state index is 11.2. The first-order valence-corrected chi connectivity index (χ1v) is 6.91. The van der Waals surface area contributed by atoms with Crippen molar-refractivity contribution in [3.8, 4) is 0 Å². The van der Waals surface area contributed by atoms with Crippen molar-refractivity contribution in [2.75, 3.05) is 38.8 Å². The van der Waals surface area contributed by atoms with Gasteiger partial charge >= 0.3 is 6.03 Å². The lowest BCUT2D eigenvalue weighted by Gasteiger charge is -2.12. The zero-order chi connectivity index (χ0) is 13.5. The summed E-state index contributed by atoms with van der Waals surface area (Å²) in [6.07, 6.45) is 1.88. The first-order chi connectivity index (χ1) is 8.52. The number of rotatable bonds is 5. The average Bonchev–Trinajstić information content (AvgIpc) is 2.33. The van der Waals surface area contributed by atoms with Crippen LogP contribution >= 0.6 is 23.4 Å². The number of nitrogens with zero attached hydrogens (tertiary/aromatic N) is 3. The zero-order valence-corrected chi connectivity index (χ0v) is 12.1. The summed E-state index contributed by atoms with van der Waals surface area (Å²) < 4.78 is 0. The topological polar surface area (TPSA) is 70.2 Å². The predicted octanol–water partition coefficient (Wildman–Crippen LogP) is 1.53. The van der Waals surface area contributed by atoms with Crippen LogP contribution in [0.5, 0.6) is 0 Å².